The molecule has 3 amide bonds. The summed E-state index contributed by atoms with van der Waals surface area (Å²) in [5.41, 5.74) is 2.73. The number of urea groups is 1. The molecule has 8 heteroatoms. The number of hydrogen-bond acceptors (Lipinski definition) is 5. The Labute approximate surface area is 185 Å². The van der Waals surface area contributed by atoms with Gasteiger partial charge in [-0.05, 0) is 43.0 Å². The molecule has 1 fully saturated rings. The molecule has 1 aliphatic heterocycles. The Morgan fingerprint density at radius 3 is 2.45 bits per heavy atom. The number of aromatic nitrogens is 2. The first kappa shape index (κ1) is 21.0. The Morgan fingerprint density at radius 1 is 1.00 bits per heavy atom. The summed E-state index contributed by atoms with van der Waals surface area (Å²) in [7, 11) is 0. The molecule has 7 nitrogen and oxygen atoms in total. The minimum Gasteiger partial charge on any atom is -0.324 e. The van der Waals surface area contributed by atoms with Crippen molar-refractivity contribution in [3.8, 4) is 0 Å². The molecule has 3 aromatic rings. The van der Waals surface area contributed by atoms with E-state index in [9.17, 15) is 9.59 Å². The molecule has 0 atom stereocenters. The standard InChI is InChI=1S/C23H25N5O2S/c1-2-16-8-6-7-11-19(16)25-23(30)28-14-12-17(13-15-28)21-26-27-22(31-21)20(29)24-18-9-4-3-5-10-18/h3-11,17H,2,12-15H2,1H3,(H,24,29)(H,25,30). The van der Waals surface area contributed by atoms with E-state index in [1.165, 1.54) is 11.3 Å². The van der Waals surface area contributed by atoms with Gasteiger partial charge in [0.25, 0.3) is 5.91 Å². The highest BCUT2D eigenvalue weighted by molar-refractivity contribution is 7.13. The number of rotatable bonds is 5. The van der Waals surface area contributed by atoms with Crippen LogP contribution in [0.5, 0.6) is 0 Å². The van der Waals surface area contributed by atoms with Gasteiger partial charge in [-0.15, -0.1) is 10.2 Å². The van der Waals surface area contributed by atoms with Crippen molar-refractivity contribution in [3.63, 3.8) is 0 Å². The minimum atomic E-state index is -0.249. The summed E-state index contributed by atoms with van der Waals surface area (Å²) in [6.45, 7) is 3.37. The third-order valence-electron chi connectivity index (χ3n) is 5.44. The van der Waals surface area contributed by atoms with Crippen molar-refractivity contribution >= 4 is 34.6 Å². The van der Waals surface area contributed by atoms with Crippen LogP contribution in [0.4, 0.5) is 16.2 Å². The maximum Gasteiger partial charge on any atom is 0.321 e. The fraction of sp³-hybridized carbons (Fsp3) is 0.304. The molecule has 0 unspecified atom stereocenters. The molecule has 1 aliphatic rings. The average molecular weight is 436 g/mol. The lowest BCUT2D eigenvalue weighted by Crippen LogP contribution is -2.40. The lowest BCUT2D eigenvalue weighted by molar-refractivity contribution is 0.102. The van der Waals surface area contributed by atoms with Crippen LogP contribution in [-0.4, -0.2) is 40.1 Å². The number of benzene rings is 2. The number of amides is 3. The fourth-order valence-corrected chi connectivity index (χ4v) is 4.58. The molecule has 0 spiro atoms. The van der Waals surface area contributed by atoms with Gasteiger partial charge in [-0.25, -0.2) is 4.79 Å². The first-order chi connectivity index (χ1) is 15.1. The number of carbonyl (C=O) groups excluding carboxylic acids is 2. The van der Waals surface area contributed by atoms with E-state index >= 15 is 0 Å². The van der Waals surface area contributed by atoms with Crippen molar-refractivity contribution in [2.24, 2.45) is 0 Å². The molecule has 160 valence electrons. The van der Waals surface area contributed by atoms with Crippen molar-refractivity contribution in [1.29, 1.82) is 0 Å². The van der Waals surface area contributed by atoms with E-state index in [0.29, 0.717) is 18.1 Å². The second-order valence-electron chi connectivity index (χ2n) is 7.47. The van der Waals surface area contributed by atoms with Crippen molar-refractivity contribution < 1.29 is 9.59 Å². The summed E-state index contributed by atoms with van der Waals surface area (Å²) >= 11 is 1.33. The van der Waals surface area contributed by atoms with Gasteiger partial charge in [-0.3, -0.25) is 4.79 Å². The highest BCUT2D eigenvalue weighted by Gasteiger charge is 2.27. The maximum absolute atomic E-state index is 12.7. The van der Waals surface area contributed by atoms with E-state index in [2.05, 4.69) is 27.8 Å². The first-order valence-electron chi connectivity index (χ1n) is 10.5. The lowest BCUT2D eigenvalue weighted by atomic mass is 9.98. The summed E-state index contributed by atoms with van der Waals surface area (Å²) in [6.07, 6.45) is 2.48. The Morgan fingerprint density at radius 2 is 1.71 bits per heavy atom. The van der Waals surface area contributed by atoms with Crippen molar-refractivity contribution in [3.05, 3.63) is 70.2 Å². The number of nitrogens with zero attached hydrogens (tertiary/aromatic N) is 3. The predicted octanol–water partition coefficient (Wildman–Crippen LogP) is 4.76. The van der Waals surface area contributed by atoms with Gasteiger partial charge in [-0.2, -0.15) is 0 Å². The molecule has 0 saturated carbocycles. The zero-order chi connectivity index (χ0) is 21.6. The summed E-state index contributed by atoms with van der Waals surface area (Å²) in [4.78, 5) is 26.9. The van der Waals surface area contributed by atoms with Crippen LogP contribution in [0.15, 0.2) is 54.6 Å². The minimum absolute atomic E-state index is 0.0699. The zero-order valence-corrected chi connectivity index (χ0v) is 18.2. The fourth-order valence-electron chi connectivity index (χ4n) is 3.67. The van der Waals surface area contributed by atoms with Gasteiger partial charge >= 0.3 is 6.03 Å². The molecule has 1 saturated heterocycles. The van der Waals surface area contributed by atoms with Crippen LogP contribution in [-0.2, 0) is 6.42 Å². The highest BCUT2D eigenvalue weighted by atomic mass is 32.1. The predicted molar refractivity (Wildman–Crippen MR) is 123 cm³/mol. The number of hydrogen-bond donors (Lipinski definition) is 2. The second-order valence-corrected chi connectivity index (χ2v) is 8.48. The SMILES string of the molecule is CCc1ccccc1NC(=O)N1CCC(c2nnc(C(=O)Nc3ccccc3)s2)CC1. The van der Waals surface area contributed by atoms with Crippen LogP contribution in [0.1, 0.15) is 46.1 Å². The Bertz CT molecular complexity index is 1040. The van der Waals surface area contributed by atoms with E-state index in [1.807, 2.05) is 59.5 Å². The number of likely N-dealkylation sites (tertiary alicyclic amines) is 1. The third-order valence-corrected chi connectivity index (χ3v) is 6.52. The number of piperidine rings is 1. The third kappa shape index (κ3) is 5.08. The van der Waals surface area contributed by atoms with Crippen LogP contribution in [0.25, 0.3) is 0 Å². The highest BCUT2D eigenvalue weighted by Crippen LogP contribution is 2.30. The Balaban J connectivity index is 1.32. The molecule has 2 N–H and O–H groups in total. The van der Waals surface area contributed by atoms with Crippen LogP contribution >= 0.6 is 11.3 Å². The van der Waals surface area contributed by atoms with E-state index in [1.54, 1.807) is 0 Å². The number of para-hydroxylation sites is 2. The average Bonchev–Trinajstić information content (AvgIpc) is 3.31. The van der Waals surface area contributed by atoms with Gasteiger partial charge in [0.1, 0.15) is 5.01 Å². The molecule has 4 rings (SSSR count). The van der Waals surface area contributed by atoms with Crippen LogP contribution in [0, 0.1) is 0 Å². The second kappa shape index (κ2) is 9.70. The zero-order valence-electron chi connectivity index (χ0n) is 17.4. The first-order valence-corrected chi connectivity index (χ1v) is 11.3. The normalized spacial score (nSPS) is 14.3. The van der Waals surface area contributed by atoms with Gasteiger partial charge in [-0.1, -0.05) is 54.7 Å². The van der Waals surface area contributed by atoms with Crippen LogP contribution < -0.4 is 10.6 Å². The number of nitrogens with one attached hydrogen (secondary N) is 2. The number of carbonyl (C=O) groups is 2. The van der Waals surface area contributed by atoms with E-state index in [-0.39, 0.29) is 17.9 Å². The van der Waals surface area contributed by atoms with Gasteiger partial charge in [0.15, 0.2) is 0 Å². The largest absolute Gasteiger partial charge is 0.324 e. The van der Waals surface area contributed by atoms with Gasteiger partial charge < -0.3 is 15.5 Å². The molecular weight excluding hydrogens is 410 g/mol. The summed E-state index contributed by atoms with van der Waals surface area (Å²) in [6, 6.07) is 17.1. The van der Waals surface area contributed by atoms with Crippen molar-refractivity contribution in [2.75, 3.05) is 23.7 Å². The lowest BCUT2D eigenvalue weighted by Gasteiger charge is -2.31. The van der Waals surface area contributed by atoms with Gasteiger partial charge in [0.2, 0.25) is 5.01 Å². The summed E-state index contributed by atoms with van der Waals surface area (Å²) < 4.78 is 0. The Kier molecular flexibility index (Phi) is 6.57. The molecule has 0 radical (unpaired) electrons. The van der Waals surface area contributed by atoms with E-state index < -0.39 is 0 Å². The van der Waals surface area contributed by atoms with Crippen LogP contribution in [0.2, 0.25) is 0 Å². The van der Waals surface area contributed by atoms with Crippen LogP contribution in [0.3, 0.4) is 0 Å². The number of anilines is 2. The summed E-state index contributed by atoms with van der Waals surface area (Å²) in [5.74, 6) is -0.0379. The molecule has 2 aromatic carbocycles. The Hall–Kier alpha value is -3.26. The van der Waals surface area contributed by atoms with Crippen molar-refractivity contribution in [2.45, 2.75) is 32.1 Å². The molecule has 0 aliphatic carbocycles. The monoisotopic (exact) mass is 435 g/mol. The quantitative estimate of drug-likeness (QED) is 0.605. The van der Waals surface area contributed by atoms with Gasteiger partial charge in [0.05, 0.1) is 0 Å². The molecule has 1 aromatic heterocycles. The summed E-state index contributed by atoms with van der Waals surface area (Å²) in [5, 5.41) is 15.4. The van der Waals surface area contributed by atoms with E-state index in [0.717, 1.165) is 41.2 Å². The van der Waals surface area contributed by atoms with Gasteiger partial charge in [0, 0.05) is 30.4 Å². The molecule has 2 heterocycles. The molecule has 0 bridgehead atoms. The smallest absolute Gasteiger partial charge is 0.321 e. The topological polar surface area (TPSA) is 87.2 Å². The molecule has 31 heavy (non-hydrogen) atoms. The van der Waals surface area contributed by atoms with E-state index in [4.69, 9.17) is 0 Å². The maximum atomic E-state index is 12.7. The molecular formula is C23H25N5O2S. The van der Waals surface area contributed by atoms with Crippen molar-refractivity contribution in [1.82, 2.24) is 15.1 Å². The number of aryl methyl sites for hydroxylation is 1.